The Balaban J connectivity index is 1.69. The maximum absolute atomic E-state index is 4.74. The maximum atomic E-state index is 4.74. The van der Waals surface area contributed by atoms with Gasteiger partial charge >= 0.3 is 0 Å². The van der Waals surface area contributed by atoms with E-state index in [2.05, 4.69) is 71.6 Å². The number of imidazole rings is 1. The molecule has 2 heterocycles. The number of thiazole rings is 1. The first-order valence-corrected chi connectivity index (χ1v) is 10.8. The number of nitrogens with zero attached hydrogens (tertiary/aromatic N) is 4. The topological polar surface area (TPSA) is 57.0 Å². The van der Waals surface area contributed by atoms with Crippen LogP contribution in [0.3, 0.4) is 0 Å². The highest BCUT2D eigenvalue weighted by atomic mass is 32.1. The predicted octanol–water partition coefficient (Wildman–Crippen LogP) is 3.53. The van der Waals surface area contributed by atoms with Crippen LogP contribution < -0.4 is 10.6 Å². The quantitative estimate of drug-likeness (QED) is 0.428. The molecule has 6 nitrogen and oxygen atoms in total. The van der Waals surface area contributed by atoms with Crippen LogP contribution in [0.15, 0.2) is 53.1 Å². The average molecular weight is 399 g/mol. The lowest BCUT2D eigenvalue weighted by Crippen LogP contribution is -2.43. The van der Waals surface area contributed by atoms with E-state index in [0.717, 1.165) is 42.8 Å². The number of fused-ring (bicyclic) bond motifs is 1. The summed E-state index contributed by atoms with van der Waals surface area (Å²) in [5, 5.41) is 8.92. The van der Waals surface area contributed by atoms with Crippen molar-refractivity contribution in [1.82, 2.24) is 24.9 Å². The van der Waals surface area contributed by atoms with Gasteiger partial charge in [-0.2, -0.15) is 0 Å². The van der Waals surface area contributed by atoms with Gasteiger partial charge in [0.1, 0.15) is 0 Å². The first-order chi connectivity index (χ1) is 13.7. The minimum absolute atomic E-state index is 0.304. The van der Waals surface area contributed by atoms with Crippen LogP contribution in [0.25, 0.3) is 4.96 Å². The van der Waals surface area contributed by atoms with Crippen LogP contribution in [0.5, 0.6) is 0 Å². The molecular formula is C21H30N6S. The largest absolute Gasteiger partial charge is 0.357 e. The molecule has 0 spiro atoms. The molecule has 7 heteroatoms. The summed E-state index contributed by atoms with van der Waals surface area (Å²) in [6, 6.07) is 11.0. The zero-order valence-corrected chi connectivity index (χ0v) is 17.7. The Kier molecular flexibility index (Phi) is 7.45. The third-order valence-electron chi connectivity index (χ3n) is 4.79. The number of aliphatic imine (C=N–C) groups is 1. The van der Waals surface area contributed by atoms with E-state index in [0.29, 0.717) is 12.6 Å². The zero-order valence-electron chi connectivity index (χ0n) is 16.9. The van der Waals surface area contributed by atoms with E-state index in [1.54, 1.807) is 11.3 Å². The standard InChI is InChI=1S/C21H30N6S/c1-4-22-20(23-14-18-16-27-12-13-28-21(27)25-18)24-15-19(26(5-2)6-3)17-10-8-7-9-11-17/h7-13,16,19H,4-6,14-15H2,1-3H3,(H2,22,23,24). The number of likely N-dealkylation sites (N-methyl/N-ethyl adjacent to an activating group) is 1. The van der Waals surface area contributed by atoms with Gasteiger partial charge in [-0.05, 0) is 25.6 Å². The second-order valence-electron chi connectivity index (χ2n) is 6.55. The Labute approximate surface area is 171 Å². The molecule has 1 unspecified atom stereocenters. The number of hydrogen-bond donors (Lipinski definition) is 2. The van der Waals surface area contributed by atoms with E-state index in [-0.39, 0.29) is 0 Å². The van der Waals surface area contributed by atoms with Gasteiger partial charge in [-0.1, -0.05) is 44.2 Å². The Bertz CT molecular complexity index is 837. The van der Waals surface area contributed by atoms with Gasteiger partial charge in [0.2, 0.25) is 0 Å². The Morgan fingerprint density at radius 2 is 1.96 bits per heavy atom. The third kappa shape index (κ3) is 5.11. The van der Waals surface area contributed by atoms with E-state index < -0.39 is 0 Å². The number of guanidine groups is 1. The van der Waals surface area contributed by atoms with Crippen LogP contribution in [-0.2, 0) is 6.54 Å². The van der Waals surface area contributed by atoms with Crippen LogP contribution in [0.2, 0.25) is 0 Å². The van der Waals surface area contributed by atoms with E-state index in [9.17, 15) is 0 Å². The highest BCUT2D eigenvalue weighted by Crippen LogP contribution is 2.19. The lowest BCUT2D eigenvalue weighted by molar-refractivity contribution is 0.219. The second-order valence-corrected chi connectivity index (χ2v) is 7.42. The number of aromatic nitrogens is 2. The van der Waals surface area contributed by atoms with E-state index in [1.807, 2.05) is 22.2 Å². The Morgan fingerprint density at radius 3 is 2.64 bits per heavy atom. The van der Waals surface area contributed by atoms with Crippen molar-refractivity contribution in [3.05, 3.63) is 59.4 Å². The lowest BCUT2D eigenvalue weighted by Gasteiger charge is -2.30. The van der Waals surface area contributed by atoms with Gasteiger partial charge in [0.25, 0.3) is 0 Å². The third-order valence-corrected chi connectivity index (χ3v) is 5.56. The van der Waals surface area contributed by atoms with Crippen molar-refractivity contribution in [3.8, 4) is 0 Å². The van der Waals surface area contributed by atoms with Gasteiger partial charge in [0.15, 0.2) is 10.9 Å². The van der Waals surface area contributed by atoms with E-state index in [1.165, 1.54) is 5.56 Å². The first kappa shape index (κ1) is 20.4. The van der Waals surface area contributed by atoms with Crippen LogP contribution in [0.1, 0.15) is 38.1 Å². The number of benzene rings is 1. The molecular weight excluding hydrogens is 368 g/mol. The molecule has 1 atom stereocenters. The fourth-order valence-electron chi connectivity index (χ4n) is 3.34. The van der Waals surface area contributed by atoms with E-state index in [4.69, 9.17) is 4.99 Å². The van der Waals surface area contributed by atoms with Crippen LogP contribution in [-0.4, -0.2) is 46.4 Å². The molecule has 0 bridgehead atoms. The molecule has 1 aromatic carbocycles. The molecule has 2 N–H and O–H groups in total. The molecule has 0 aliphatic rings. The van der Waals surface area contributed by atoms with Crippen LogP contribution in [0.4, 0.5) is 0 Å². The number of hydrogen-bond acceptors (Lipinski definition) is 4. The molecule has 0 aliphatic carbocycles. The fraction of sp³-hybridized carbons (Fsp3) is 0.429. The molecule has 28 heavy (non-hydrogen) atoms. The van der Waals surface area contributed by atoms with Crippen molar-refractivity contribution in [2.75, 3.05) is 26.2 Å². The summed E-state index contributed by atoms with van der Waals surface area (Å²) >= 11 is 1.64. The Morgan fingerprint density at radius 1 is 1.18 bits per heavy atom. The van der Waals surface area contributed by atoms with Gasteiger partial charge in [-0.15, -0.1) is 11.3 Å². The summed E-state index contributed by atoms with van der Waals surface area (Å²) in [7, 11) is 0. The normalized spacial score (nSPS) is 13.2. The summed E-state index contributed by atoms with van der Waals surface area (Å²) < 4.78 is 2.04. The van der Waals surface area contributed by atoms with Crippen molar-refractivity contribution in [1.29, 1.82) is 0 Å². The summed E-state index contributed by atoms with van der Waals surface area (Å²) in [6.45, 7) is 10.7. The molecule has 3 aromatic rings. The highest BCUT2D eigenvalue weighted by Gasteiger charge is 2.18. The monoisotopic (exact) mass is 398 g/mol. The molecule has 0 fully saturated rings. The Hall–Kier alpha value is -2.38. The van der Waals surface area contributed by atoms with Crippen molar-refractivity contribution in [2.45, 2.75) is 33.4 Å². The lowest BCUT2D eigenvalue weighted by atomic mass is 10.1. The van der Waals surface area contributed by atoms with E-state index >= 15 is 0 Å². The van der Waals surface area contributed by atoms with Crippen molar-refractivity contribution in [3.63, 3.8) is 0 Å². The summed E-state index contributed by atoms with van der Waals surface area (Å²) in [4.78, 5) is 12.8. The van der Waals surface area contributed by atoms with Gasteiger partial charge in [-0.3, -0.25) is 9.30 Å². The number of nitrogens with one attached hydrogen (secondary N) is 2. The molecule has 0 saturated heterocycles. The summed E-state index contributed by atoms with van der Waals surface area (Å²) in [5.74, 6) is 0.826. The van der Waals surface area contributed by atoms with Gasteiger partial charge in [-0.25, -0.2) is 9.98 Å². The zero-order chi connectivity index (χ0) is 19.8. The van der Waals surface area contributed by atoms with Crippen molar-refractivity contribution >= 4 is 22.3 Å². The highest BCUT2D eigenvalue weighted by molar-refractivity contribution is 7.15. The molecule has 150 valence electrons. The molecule has 0 amide bonds. The molecule has 0 saturated carbocycles. The maximum Gasteiger partial charge on any atom is 0.193 e. The molecule has 0 radical (unpaired) electrons. The minimum atomic E-state index is 0.304. The fourth-order valence-corrected chi connectivity index (χ4v) is 4.06. The van der Waals surface area contributed by atoms with Crippen molar-refractivity contribution in [2.24, 2.45) is 4.99 Å². The van der Waals surface area contributed by atoms with Crippen LogP contribution in [0, 0.1) is 0 Å². The van der Waals surface area contributed by atoms with Gasteiger partial charge in [0, 0.05) is 30.9 Å². The average Bonchev–Trinajstić information content (AvgIpc) is 3.31. The molecule has 3 rings (SSSR count). The minimum Gasteiger partial charge on any atom is -0.357 e. The SMILES string of the molecule is CCNC(=NCc1cn2ccsc2n1)NCC(c1ccccc1)N(CC)CC. The predicted molar refractivity (Wildman–Crippen MR) is 118 cm³/mol. The summed E-state index contributed by atoms with van der Waals surface area (Å²) in [6.07, 6.45) is 4.07. The van der Waals surface area contributed by atoms with Gasteiger partial charge < -0.3 is 10.6 Å². The van der Waals surface area contributed by atoms with Crippen molar-refractivity contribution < 1.29 is 0 Å². The second kappa shape index (κ2) is 10.2. The van der Waals surface area contributed by atoms with Crippen LogP contribution >= 0.6 is 11.3 Å². The van der Waals surface area contributed by atoms with Gasteiger partial charge in [0.05, 0.1) is 18.3 Å². The molecule has 0 aliphatic heterocycles. The molecule has 2 aromatic heterocycles. The summed E-state index contributed by atoms with van der Waals surface area (Å²) in [5.41, 5.74) is 2.30. The number of rotatable bonds is 9. The first-order valence-electron chi connectivity index (χ1n) is 9.97. The smallest absolute Gasteiger partial charge is 0.193 e.